The molecular formula is C23H18FN3O5S. The standard InChI is InChI=1S/C23H18FN3O5S/c1-3-32-22(29)19-13(2)25-23-26(20(19)15-8-6-9-16(11-15)27(30)31)21(28)18(33-23)12-14-7-4-5-10-17(14)24/h4-12,20H,3H2,1-2H3/b18-12+/t20-/m0/s1. The van der Waals surface area contributed by atoms with Crippen LogP contribution in [0.25, 0.3) is 6.08 Å². The minimum Gasteiger partial charge on any atom is -0.463 e. The second-order valence-electron chi connectivity index (χ2n) is 7.18. The molecule has 0 fully saturated rings. The van der Waals surface area contributed by atoms with E-state index in [9.17, 15) is 24.1 Å². The van der Waals surface area contributed by atoms with Crippen molar-refractivity contribution in [1.82, 2.24) is 4.57 Å². The van der Waals surface area contributed by atoms with Crippen LogP contribution in [-0.2, 0) is 9.53 Å². The minimum absolute atomic E-state index is 0.106. The Bertz CT molecular complexity index is 1490. The van der Waals surface area contributed by atoms with Gasteiger partial charge in [-0.2, -0.15) is 0 Å². The zero-order valence-corrected chi connectivity index (χ0v) is 18.5. The Labute approximate surface area is 190 Å². The van der Waals surface area contributed by atoms with Crippen molar-refractivity contribution in [3.63, 3.8) is 0 Å². The zero-order valence-electron chi connectivity index (χ0n) is 17.6. The highest BCUT2D eigenvalue weighted by atomic mass is 32.1. The summed E-state index contributed by atoms with van der Waals surface area (Å²) >= 11 is 1.05. The van der Waals surface area contributed by atoms with Gasteiger partial charge in [-0.25, -0.2) is 14.2 Å². The number of hydrogen-bond acceptors (Lipinski definition) is 7. The summed E-state index contributed by atoms with van der Waals surface area (Å²) in [6.45, 7) is 3.37. The summed E-state index contributed by atoms with van der Waals surface area (Å²) in [7, 11) is 0. The van der Waals surface area contributed by atoms with Crippen molar-refractivity contribution < 1.29 is 18.8 Å². The second kappa shape index (κ2) is 8.91. The fourth-order valence-corrected chi connectivity index (χ4v) is 4.69. The number of halogens is 1. The molecule has 0 saturated heterocycles. The lowest BCUT2D eigenvalue weighted by Gasteiger charge is -2.24. The van der Waals surface area contributed by atoms with E-state index in [4.69, 9.17) is 4.74 Å². The summed E-state index contributed by atoms with van der Waals surface area (Å²) in [6, 6.07) is 10.8. The number of carbonyl (C=O) groups excluding carboxylic acids is 1. The number of rotatable bonds is 5. The number of aromatic nitrogens is 1. The van der Waals surface area contributed by atoms with Crippen LogP contribution in [0.2, 0.25) is 0 Å². The van der Waals surface area contributed by atoms with Gasteiger partial charge in [0.25, 0.3) is 11.2 Å². The Balaban J connectivity index is 1.99. The predicted octanol–water partition coefficient (Wildman–Crippen LogP) is 2.85. The van der Waals surface area contributed by atoms with Gasteiger partial charge in [0.2, 0.25) is 0 Å². The van der Waals surface area contributed by atoms with E-state index < -0.39 is 28.3 Å². The van der Waals surface area contributed by atoms with Gasteiger partial charge in [0.05, 0.1) is 33.4 Å². The Morgan fingerprint density at radius 2 is 2.06 bits per heavy atom. The van der Waals surface area contributed by atoms with Crippen LogP contribution in [0.5, 0.6) is 0 Å². The first-order valence-corrected chi connectivity index (χ1v) is 10.8. The SMILES string of the molecule is CCOC(=O)C1=C(C)N=c2s/c(=C/c3ccccc3F)c(=O)n2[C@H]1c1cccc([N+](=O)[O-])c1. The number of fused-ring (bicyclic) bond motifs is 1. The Morgan fingerprint density at radius 1 is 1.30 bits per heavy atom. The van der Waals surface area contributed by atoms with Crippen molar-refractivity contribution in [2.45, 2.75) is 19.9 Å². The number of carbonyl (C=O) groups is 1. The van der Waals surface area contributed by atoms with E-state index in [1.165, 1.54) is 34.9 Å². The van der Waals surface area contributed by atoms with Gasteiger partial charge in [-0.05, 0) is 31.6 Å². The van der Waals surface area contributed by atoms with Crippen LogP contribution in [0.15, 0.2) is 69.6 Å². The van der Waals surface area contributed by atoms with E-state index in [1.54, 1.807) is 38.1 Å². The Kier molecular flexibility index (Phi) is 6.01. The molecule has 0 bridgehead atoms. The molecule has 1 aromatic heterocycles. The molecule has 10 heteroatoms. The molecular weight excluding hydrogens is 449 g/mol. The maximum atomic E-state index is 14.2. The number of esters is 1. The summed E-state index contributed by atoms with van der Waals surface area (Å²) in [4.78, 5) is 41.8. The van der Waals surface area contributed by atoms with Crippen molar-refractivity contribution in [3.8, 4) is 0 Å². The quantitative estimate of drug-likeness (QED) is 0.326. The van der Waals surface area contributed by atoms with Crippen molar-refractivity contribution in [2.75, 3.05) is 6.61 Å². The van der Waals surface area contributed by atoms with E-state index in [0.717, 1.165) is 11.3 Å². The monoisotopic (exact) mass is 467 g/mol. The third-order valence-corrected chi connectivity index (χ3v) is 6.09. The lowest BCUT2D eigenvalue weighted by atomic mass is 9.95. The molecule has 0 spiro atoms. The normalized spacial score (nSPS) is 15.7. The van der Waals surface area contributed by atoms with E-state index in [1.807, 2.05) is 0 Å². The molecule has 2 aromatic carbocycles. The number of thiazole rings is 1. The lowest BCUT2D eigenvalue weighted by molar-refractivity contribution is -0.384. The molecule has 4 rings (SSSR count). The summed E-state index contributed by atoms with van der Waals surface area (Å²) < 4.78 is 20.9. The first-order valence-electron chi connectivity index (χ1n) is 10.0. The highest BCUT2D eigenvalue weighted by molar-refractivity contribution is 7.07. The van der Waals surface area contributed by atoms with Crippen molar-refractivity contribution in [1.29, 1.82) is 0 Å². The van der Waals surface area contributed by atoms with Gasteiger partial charge < -0.3 is 4.74 Å². The summed E-state index contributed by atoms with van der Waals surface area (Å²) in [5.74, 6) is -1.15. The van der Waals surface area contributed by atoms with E-state index in [-0.39, 0.29) is 28.0 Å². The van der Waals surface area contributed by atoms with Gasteiger partial charge in [0.15, 0.2) is 4.80 Å². The first-order chi connectivity index (χ1) is 15.8. The maximum Gasteiger partial charge on any atom is 0.338 e. The lowest BCUT2D eigenvalue weighted by Crippen LogP contribution is -2.40. The highest BCUT2D eigenvalue weighted by Gasteiger charge is 2.34. The molecule has 1 aliphatic heterocycles. The molecule has 1 atom stereocenters. The van der Waals surface area contributed by atoms with Crippen LogP contribution < -0.4 is 14.9 Å². The molecule has 33 heavy (non-hydrogen) atoms. The van der Waals surface area contributed by atoms with Crippen molar-refractivity contribution in [2.24, 2.45) is 4.99 Å². The molecule has 2 heterocycles. The van der Waals surface area contributed by atoms with Gasteiger partial charge in [-0.3, -0.25) is 19.5 Å². The van der Waals surface area contributed by atoms with Crippen LogP contribution in [0.3, 0.4) is 0 Å². The van der Waals surface area contributed by atoms with E-state index in [0.29, 0.717) is 16.1 Å². The average Bonchev–Trinajstić information content (AvgIpc) is 3.09. The number of allylic oxidation sites excluding steroid dienone is 1. The number of non-ortho nitro benzene ring substituents is 1. The molecule has 0 unspecified atom stereocenters. The first kappa shape index (κ1) is 22.3. The van der Waals surface area contributed by atoms with Gasteiger partial charge in [0.1, 0.15) is 5.82 Å². The Hall–Kier alpha value is -3.92. The highest BCUT2D eigenvalue weighted by Crippen LogP contribution is 2.32. The van der Waals surface area contributed by atoms with Crippen molar-refractivity contribution in [3.05, 3.63) is 107 Å². The third-order valence-electron chi connectivity index (χ3n) is 5.11. The zero-order chi connectivity index (χ0) is 23.7. The van der Waals surface area contributed by atoms with Crippen molar-refractivity contribution >= 4 is 29.1 Å². The summed E-state index contributed by atoms with van der Waals surface area (Å²) in [5, 5.41) is 11.3. The van der Waals surface area contributed by atoms with Crippen LogP contribution in [0, 0.1) is 15.9 Å². The van der Waals surface area contributed by atoms with E-state index >= 15 is 0 Å². The molecule has 168 valence electrons. The van der Waals surface area contributed by atoms with Gasteiger partial charge in [-0.15, -0.1) is 0 Å². The van der Waals surface area contributed by atoms with Crippen LogP contribution in [0.1, 0.15) is 31.0 Å². The smallest absolute Gasteiger partial charge is 0.338 e. The molecule has 3 aromatic rings. The van der Waals surface area contributed by atoms with Gasteiger partial charge in [-0.1, -0.05) is 41.7 Å². The number of benzene rings is 2. The number of nitrogens with zero attached hydrogens (tertiary/aromatic N) is 3. The molecule has 0 amide bonds. The molecule has 0 radical (unpaired) electrons. The molecule has 0 aliphatic carbocycles. The number of ether oxygens (including phenoxy) is 1. The number of hydrogen-bond donors (Lipinski definition) is 0. The maximum absolute atomic E-state index is 14.2. The number of nitro groups is 1. The van der Waals surface area contributed by atoms with E-state index in [2.05, 4.69) is 4.99 Å². The fraction of sp³-hybridized carbons (Fsp3) is 0.174. The van der Waals surface area contributed by atoms with Gasteiger partial charge >= 0.3 is 5.97 Å². The fourth-order valence-electron chi connectivity index (χ4n) is 3.65. The molecule has 1 aliphatic rings. The summed E-state index contributed by atoms with van der Waals surface area (Å²) in [6.07, 6.45) is 1.42. The molecule has 0 N–H and O–H groups in total. The Morgan fingerprint density at radius 3 is 2.76 bits per heavy atom. The van der Waals surface area contributed by atoms with Crippen LogP contribution in [0.4, 0.5) is 10.1 Å². The van der Waals surface area contributed by atoms with Gasteiger partial charge in [0, 0.05) is 17.7 Å². The average molecular weight is 467 g/mol. The third kappa shape index (κ3) is 4.12. The van der Waals surface area contributed by atoms with Crippen LogP contribution in [-0.4, -0.2) is 22.1 Å². The topological polar surface area (TPSA) is 104 Å². The second-order valence-corrected chi connectivity index (χ2v) is 8.18. The molecule has 0 saturated carbocycles. The van der Waals surface area contributed by atoms with Crippen LogP contribution >= 0.6 is 11.3 Å². The minimum atomic E-state index is -0.983. The predicted molar refractivity (Wildman–Crippen MR) is 120 cm³/mol. The number of nitro benzene ring substituents is 1. The summed E-state index contributed by atoms with van der Waals surface area (Å²) in [5.41, 5.74) is 0.369. The molecule has 8 nitrogen and oxygen atoms in total. The largest absolute Gasteiger partial charge is 0.463 e.